The Morgan fingerprint density at radius 2 is 1.23 bits per heavy atom. The maximum atomic E-state index is 6.28. The first-order valence-corrected chi connectivity index (χ1v) is 8.96. The molecule has 0 aliphatic rings. The number of hydrogen-bond acceptors (Lipinski definition) is 4. The van der Waals surface area contributed by atoms with E-state index in [0.29, 0.717) is 11.4 Å². The Morgan fingerprint density at radius 1 is 0.731 bits per heavy atom. The van der Waals surface area contributed by atoms with E-state index in [2.05, 4.69) is 9.98 Å². The standard InChI is InChI=1S/C18H16Cl4N2O2/c1-9(23-11-5-7-12(25-3)8-6-11)10(2)24-17-13(19)15(21)18(26-4)16(22)14(17)20/h5-8H,1-4H3. The molecule has 0 unspecified atom stereocenters. The average molecular weight is 434 g/mol. The molecule has 0 radical (unpaired) electrons. The Kier molecular flexibility index (Phi) is 7.18. The zero-order valence-electron chi connectivity index (χ0n) is 14.5. The van der Waals surface area contributed by atoms with E-state index < -0.39 is 0 Å². The number of aliphatic imine (C=N–C) groups is 2. The second-order valence-corrected chi connectivity index (χ2v) is 6.74. The Hall–Kier alpha value is -1.46. The number of halogens is 4. The number of rotatable bonds is 5. The zero-order valence-corrected chi connectivity index (χ0v) is 17.6. The molecular formula is C18H16Cl4N2O2. The molecule has 0 bridgehead atoms. The molecule has 8 heteroatoms. The monoisotopic (exact) mass is 432 g/mol. The molecule has 0 atom stereocenters. The van der Waals surface area contributed by atoms with Gasteiger partial charge in [-0.25, -0.2) is 4.99 Å². The van der Waals surface area contributed by atoms with Crippen molar-refractivity contribution in [3.63, 3.8) is 0 Å². The van der Waals surface area contributed by atoms with E-state index in [4.69, 9.17) is 55.9 Å². The SMILES string of the molecule is COc1ccc(N=C(C)C(C)=Nc2c(Cl)c(Cl)c(OC)c(Cl)c2Cl)cc1. The Morgan fingerprint density at radius 3 is 1.69 bits per heavy atom. The molecule has 0 spiro atoms. The minimum atomic E-state index is 0.153. The van der Waals surface area contributed by atoms with Crippen LogP contribution in [0.15, 0.2) is 34.3 Å². The van der Waals surface area contributed by atoms with Gasteiger partial charge in [0.2, 0.25) is 0 Å². The summed E-state index contributed by atoms with van der Waals surface area (Å²) in [5.41, 5.74) is 2.33. The van der Waals surface area contributed by atoms with Crippen LogP contribution >= 0.6 is 46.4 Å². The lowest BCUT2D eigenvalue weighted by atomic mass is 10.2. The highest BCUT2D eigenvalue weighted by Crippen LogP contribution is 2.49. The molecule has 2 aromatic rings. The molecule has 0 amide bonds. The summed E-state index contributed by atoms with van der Waals surface area (Å²) < 4.78 is 10.3. The van der Waals surface area contributed by atoms with Gasteiger partial charge in [-0.15, -0.1) is 0 Å². The molecule has 138 valence electrons. The Labute approximate surface area is 172 Å². The van der Waals surface area contributed by atoms with Gasteiger partial charge in [0.25, 0.3) is 0 Å². The van der Waals surface area contributed by atoms with E-state index in [-0.39, 0.29) is 31.5 Å². The fourth-order valence-electron chi connectivity index (χ4n) is 2.06. The lowest BCUT2D eigenvalue weighted by molar-refractivity contribution is 0.415. The van der Waals surface area contributed by atoms with Crippen LogP contribution in [0.25, 0.3) is 0 Å². The smallest absolute Gasteiger partial charge is 0.159 e. The van der Waals surface area contributed by atoms with Gasteiger partial charge < -0.3 is 9.47 Å². The summed E-state index contributed by atoms with van der Waals surface area (Å²) in [5.74, 6) is 0.969. The van der Waals surface area contributed by atoms with E-state index in [0.717, 1.165) is 11.4 Å². The van der Waals surface area contributed by atoms with Crippen molar-refractivity contribution in [1.29, 1.82) is 0 Å². The molecule has 26 heavy (non-hydrogen) atoms. The Bertz CT molecular complexity index is 849. The summed E-state index contributed by atoms with van der Waals surface area (Å²) in [4.78, 5) is 8.98. The molecule has 2 rings (SSSR count). The van der Waals surface area contributed by atoms with E-state index >= 15 is 0 Å². The predicted octanol–water partition coefficient (Wildman–Crippen LogP) is 7.20. The molecule has 0 fully saturated rings. The van der Waals surface area contributed by atoms with Crippen molar-refractivity contribution in [2.45, 2.75) is 13.8 Å². The lowest BCUT2D eigenvalue weighted by Gasteiger charge is -2.12. The first-order valence-electron chi connectivity index (χ1n) is 7.45. The number of nitrogens with zero attached hydrogens (tertiary/aromatic N) is 2. The summed E-state index contributed by atoms with van der Waals surface area (Å²) in [6.45, 7) is 3.62. The van der Waals surface area contributed by atoms with Crippen LogP contribution in [0.1, 0.15) is 13.8 Å². The summed E-state index contributed by atoms with van der Waals surface area (Å²) in [7, 11) is 3.04. The quantitative estimate of drug-likeness (QED) is 0.369. The van der Waals surface area contributed by atoms with E-state index in [1.807, 2.05) is 31.2 Å². The summed E-state index contributed by atoms with van der Waals surface area (Å²) in [6.07, 6.45) is 0. The number of hydrogen-bond donors (Lipinski definition) is 0. The third kappa shape index (κ3) is 4.44. The summed E-state index contributed by atoms with van der Waals surface area (Å²) in [5, 5.41) is 0.628. The van der Waals surface area contributed by atoms with Crippen LogP contribution in [0.4, 0.5) is 11.4 Å². The van der Waals surface area contributed by atoms with E-state index in [1.54, 1.807) is 14.0 Å². The third-order valence-electron chi connectivity index (χ3n) is 3.58. The molecule has 0 saturated carbocycles. The highest BCUT2D eigenvalue weighted by Gasteiger charge is 2.21. The van der Waals surface area contributed by atoms with Gasteiger partial charge in [0.15, 0.2) is 5.75 Å². The molecule has 0 aromatic heterocycles. The van der Waals surface area contributed by atoms with Gasteiger partial charge in [-0.3, -0.25) is 4.99 Å². The van der Waals surface area contributed by atoms with Gasteiger partial charge in [-0.2, -0.15) is 0 Å². The normalized spacial score (nSPS) is 12.3. The van der Waals surface area contributed by atoms with Gasteiger partial charge in [0.1, 0.15) is 21.5 Å². The summed E-state index contributed by atoms with van der Waals surface area (Å²) >= 11 is 24.9. The minimum absolute atomic E-state index is 0.153. The molecule has 0 saturated heterocycles. The van der Waals surface area contributed by atoms with Crippen molar-refractivity contribution >= 4 is 69.2 Å². The van der Waals surface area contributed by atoms with Crippen LogP contribution in [0.5, 0.6) is 11.5 Å². The van der Waals surface area contributed by atoms with Gasteiger partial charge in [-0.1, -0.05) is 46.4 Å². The largest absolute Gasteiger partial charge is 0.497 e. The molecule has 2 aromatic carbocycles. The minimum Gasteiger partial charge on any atom is -0.497 e. The fourth-order valence-corrected chi connectivity index (χ4v) is 3.12. The highest BCUT2D eigenvalue weighted by atomic mass is 35.5. The van der Waals surface area contributed by atoms with Gasteiger partial charge in [0.05, 0.1) is 41.4 Å². The van der Waals surface area contributed by atoms with Crippen LogP contribution in [0.3, 0.4) is 0 Å². The Balaban J connectivity index is 2.44. The average Bonchev–Trinajstić information content (AvgIpc) is 2.64. The molecule has 4 nitrogen and oxygen atoms in total. The van der Waals surface area contributed by atoms with Crippen LogP contribution in [-0.4, -0.2) is 25.6 Å². The van der Waals surface area contributed by atoms with Crippen molar-refractivity contribution in [2.75, 3.05) is 14.2 Å². The number of methoxy groups -OCH3 is 2. The fraction of sp³-hybridized carbons (Fsp3) is 0.222. The second-order valence-electron chi connectivity index (χ2n) is 5.23. The van der Waals surface area contributed by atoms with Crippen molar-refractivity contribution < 1.29 is 9.47 Å². The van der Waals surface area contributed by atoms with Crippen molar-refractivity contribution in [1.82, 2.24) is 0 Å². The molecule has 0 N–H and O–H groups in total. The molecule has 0 aliphatic heterocycles. The van der Waals surface area contributed by atoms with Gasteiger partial charge >= 0.3 is 0 Å². The molecular weight excluding hydrogens is 418 g/mol. The summed E-state index contributed by atoms with van der Waals surface area (Å²) in [6, 6.07) is 7.35. The maximum Gasteiger partial charge on any atom is 0.159 e. The van der Waals surface area contributed by atoms with Crippen LogP contribution < -0.4 is 9.47 Å². The van der Waals surface area contributed by atoms with Crippen molar-refractivity contribution in [3.8, 4) is 11.5 Å². The van der Waals surface area contributed by atoms with Crippen LogP contribution in [-0.2, 0) is 0 Å². The number of ether oxygens (including phenoxy) is 2. The zero-order chi connectivity index (χ0) is 19.4. The topological polar surface area (TPSA) is 43.2 Å². The van der Waals surface area contributed by atoms with E-state index in [9.17, 15) is 0 Å². The lowest BCUT2D eigenvalue weighted by Crippen LogP contribution is -2.04. The highest BCUT2D eigenvalue weighted by molar-refractivity contribution is 6.52. The number of benzene rings is 2. The third-order valence-corrected chi connectivity index (χ3v) is 5.23. The first-order chi connectivity index (χ1) is 12.3. The predicted molar refractivity (Wildman–Crippen MR) is 112 cm³/mol. The van der Waals surface area contributed by atoms with E-state index in [1.165, 1.54) is 7.11 Å². The molecule has 0 aliphatic carbocycles. The first kappa shape index (κ1) is 20.8. The van der Waals surface area contributed by atoms with Crippen molar-refractivity contribution in [2.24, 2.45) is 9.98 Å². The second kappa shape index (κ2) is 8.96. The molecule has 0 heterocycles. The van der Waals surface area contributed by atoms with Gasteiger partial charge in [0, 0.05) is 0 Å². The van der Waals surface area contributed by atoms with Gasteiger partial charge in [-0.05, 0) is 38.1 Å². The maximum absolute atomic E-state index is 6.28. The van der Waals surface area contributed by atoms with Crippen molar-refractivity contribution in [3.05, 3.63) is 44.4 Å². The van der Waals surface area contributed by atoms with Crippen LogP contribution in [0, 0.1) is 0 Å². The van der Waals surface area contributed by atoms with Crippen LogP contribution in [0.2, 0.25) is 20.1 Å².